The molecule has 1 heterocycles. The van der Waals surface area contributed by atoms with Crippen LogP contribution in [0.4, 0.5) is 5.69 Å². The fraction of sp³-hybridized carbons (Fsp3) is 0.263. The van der Waals surface area contributed by atoms with Crippen LogP contribution in [-0.4, -0.2) is 23.3 Å². The fourth-order valence-corrected chi connectivity index (χ4v) is 3.36. The Hall–Kier alpha value is -2.04. The van der Waals surface area contributed by atoms with E-state index in [1.165, 1.54) is 0 Å². The normalized spacial score (nSPS) is 18.3. The SMILES string of the molecule is C[C@H](c1ccccc1)N1C[C@H](C(=O)Nc2cc(Cl)ccc2Cl)CC1=O. The highest BCUT2D eigenvalue weighted by Gasteiger charge is 2.37. The van der Waals surface area contributed by atoms with Crippen LogP contribution in [0.25, 0.3) is 0 Å². The van der Waals surface area contributed by atoms with Crippen LogP contribution >= 0.6 is 23.2 Å². The lowest BCUT2D eigenvalue weighted by Crippen LogP contribution is -2.30. The molecule has 0 unspecified atom stereocenters. The number of hydrogen-bond acceptors (Lipinski definition) is 2. The monoisotopic (exact) mass is 376 g/mol. The molecule has 0 saturated carbocycles. The summed E-state index contributed by atoms with van der Waals surface area (Å²) in [4.78, 5) is 26.7. The van der Waals surface area contributed by atoms with E-state index >= 15 is 0 Å². The van der Waals surface area contributed by atoms with Gasteiger partial charge in [-0.1, -0.05) is 53.5 Å². The maximum absolute atomic E-state index is 12.5. The molecule has 2 amide bonds. The van der Waals surface area contributed by atoms with Crippen LogP contribution in [0.3, 0.4) is 0 Å². The van der Waals surface area contributed by atoms with Crippen molar-refractivity contribution < 1.29 is 9.59 Å². The third-order valence-corrected chi connectivity index (χ3v) is 5.03. The summed E-state index contributed by atoms with van der Waals surface area (Å²) in [7, 11) is 0. The standard InChI is InChI=1S/C19H18Cl2N2O2/c1-12(13-5-3-2-4-6-13)23-11-14(9-18(23)24)19(25)22-17-10-15(20)7-8-16(17)21/h2-8,10,12,14H,9,11H2,1H3,(H,22,25)/t12-,14-/m1/s1. The molecular weight excluding hydrogens is 359 g/mol. The summed E-state index contributed by atoms with van der Waals surface area (Å²) < 4.78 is 0. The molecule has 2 aromatic rings. The number of anilines is 1. The van der Waals surface area contributed by atoms with Gasteiger partial charge in [-0.3, -0.25) is 9.59 Å². The van der Waals surface area contributed by atoms with Crippen LogP contribution in [0.15, 0.2) is 48.5 Å². The second-order valence-electron chi connectivity index (χ2n) is 6.15. The molecule has 6 heteroatoms. The van der Waals surface area contributed by atoms with E-state index in [1.54, 1.807) is 23.1 Å². The number of nitrogens with zero attached hydrogens (tertiary/aromatic N) is 1. The van der Waals surface area contributed by atoms with Crippen molar-refractivity contribution in [2.24, 2.45) is 5.92 Å². The number of carbonyl (C=O) groups excluding carboxylic acids is 2. The summed E-state index contributed by atoms with van der Waals surface area (Å²) in [5.41, 5.74) is 1.51. The topological polar surface area (TPSA) is 49.4 Å². The highest BCUT2D eigenvalue weighted by Crippen LogP contribution is 2.30. The predicted octanol–water partition coefficient (Wildman–Crippen LogP) is 4.54. The molecule has 0 radical (unpaired) electrons. The first-order valence-corrected chi connectivity index (χ1v) is 8.81. The van der Waals surface area contributed by atoms with Crippen LogP contribution in [0.1, 0.15) is 24.9 Å². The number of amides is 2. The second kappa shape index (κ2) is 7.46. The van der Waals surface area contributed by atoms with Gasteiger partial charge in [0.05, 0.1) is 22.7 Å². The molecule has 1 saturated heterocycles. The van der Waals surface area contributed by atoms with Crippen molar-refractivity contribution in [1.82, 2.24) is 4.90 Å². The number of nitrogens with one attached hydrogen (secondary N) is 1. The summed E-state index contributed by atoms with van der Waals surface area (Å²) in [6.45, 7) is 2.36. The summed E-state index contributed by atoms with van der Waals surface area (Å²) >= 11 is 12.0. The zero-order valence-electron chi connectivity index (χ0n) is 13.7. The Labute approximate surface area is 156 Å². The molecule has 0 aromatic heterocycles. The molecule has 1 aliphatic rings. The Morgan fingerprint density at radius 1 is 1.20 bits per heavy atom. The summed E-state index contributed by atoms with van der Waals surface area (Å²) in [6.07, 6.45) is 0.196. The van der Waals surface area contributed by atoms with Crippen molar-refractivity contribution in [3.8, 4) is 0 Å². The van der Waals surface area contributed by atoms with E-state index in [0.29, 0.717) is 22.3 Å². The van der Waals surface area contributed by atoms with Crippen molar-refractivity contribution >= 4 is 40.7 Å². The number of hydrogen-bond donors (Lipinski definition) is 1. The van der Waals surface area contributed by atoms with Gasteiger partial charge in [-0.2, -0.15) is 0 Å². The minimum atomic E-state index is -0.409. The van der Waals surface area contributed by atoms with Crippen LogP contribution in [-0.2, 0) is 9.59 Å². The molecule has 3 rings (SSSR count). The Balaban J connectivity index is 1.69. The first-order chi connectivity index (χ1) is 12.0. The molecule has 1 fully saturated rings. The van der Waals surface area contributed by atoms with E-state index in [-0.39, 0.29) is 24.3 Å². The van der Waals surface area contributed by atoms with Crippen molar-refractivity contribution in [2.75, 3.05) is 11.9 Å². The summed E-state index contributed by atoms with van der Waals surface area (Å²) in [5, 5.41) is 3.68. The third-order valence-electron chi connectivity index (χ3n) is 4.47. The van der Waals surface area contributed by atoms with Crippen LogP contribution in [0, 0.1) is 5.92 Å². The third kappa shape index (κ3) is 3.97. The van der Waals surface area contributed by atoms with Gasteiger partial charge < -0.3 is 10.2 Å². The van der Waals surface area contributed by atoms with Crippen molar-refractivity contribution in [3.05, 3.63) is 64.1 Å². The van der Waals surface area contributed by atoms with Gasteiger partial charge in [0.15, 0.2) is 0 Å². The largest absolute Gasteiger partial charge is 0.335 e. The molecule has 1 aliphatic heterocycles. The van der Waals surface area contributed by atoms with Crippen LogP contribution < -0.4 is 5.32 Å². The van der Waals surface area contributed by atoms with Gasteiger partial charge in [-0.25, -0.2) is 0 Å². The molecule has 0 aliphatic carbocycles. The Bertz CT molecular complexity index is 795. The molecular formula is C19H18Cl2N2O2. The maximum Gasteiger partial charge on any atom is 0.229 e. The Kier molecular flexibility index (Phi) is 5.30. The van der Waals surface area contributed by atoms with E-state index in [2.05, 4.69) is 5.32 Å². The number of likely N-dealkylation sites (tertiary alicyclic amines) is 1. The van der Waals surface area contributed by atoms with Gasteiger partial charge in [0, 0.05) is 18.0 Å². The maximum atomic E-state index is 12.5. The highest BCUT2D eigenvalue weighted by atomic mass is 35.5. The number of benzene rings is 2. The van der Waals surface area contributed by atoms with Crippen LogP contribution in [0.5, 0.6) is 0 Å². The smallest absolute Gasteiger partial charge is 0.229 e. The van der Waals surface area contributed by atoms with E-state index in [0.717, 1.165) is 5.56 Å². The molecule has 1 N–H and O–H groups in total. The van der Waals surface area contributed by atoms with E-state index in [9.17, 15) is 9.59 Å². The lowest BCUT2D eigenvalue weighted by Gasteiger charge is -2.25. The van der Waals surface area contributed by atoms with E-state index < -0.39 is 5.92 Å². The average Bonchev–Trinajstić information content (AvgIpc) is 3.00. The van der Waals surface area contributed by atoms with E-state index in [4.69, 9.17) is 23.2 Å². The van der Waals surface area contributed by atoms with Gasteiger partial charge in [-0.15, -0.1) is 0 Å². The Morgan fingerprint density at radius 3 is 2.64 bits per heavy atom. The first-order valence-electron chi connectivity index (χ1n) is 8.06. The van der Waals surface area contributed by atoms with Crippen molar-refractivity contribution in [3.63, 3.8) is 0 Å². The van der Waals surface area contributed by atoms with Crippen LogP contribution in [0.2, 0.25) is 10.0 Å². The van der Waals surface area contributed by atoms with Gasteiger partial charge >= 0.3 is 0 Å². The second-order valence-corrected chi connectivity index (χ2v) is 6.99. The zero-order chi connectivity index (χ0) is 18.0. The molecule has 0 bridgehead atoms. The van der Waals surface area contributed by atoms with Crippen molar-refractivity contribution in [1.29, 1.82) is 0 Å². The summed E-state index contributed by atoms with van der Waals surface area (Å²) in [6, 6.07) is 14.6. The Morgan fingerprint density at radius 2 is 1.92 bits per heavy atom. The molecule has 25 heavy (non-hydrogen) atoms. The van der Waals surface area contributed by atoms with Crippen molar-refractivity contribution in [2.45, 2.75) is 19.4 Å². The van der Waals surface area contributed by atoms with Gasteiger partial charge in [0.2, 0.25) is 11.8 Å². The quantitative estimate of drug-likeness (QED) is 0.851. The summed E-state index contributed by atoms with van der Waals surface area (Å²) in [5.74, 6) is -0.650. The highest BCUT2D eigenvalue weighted by molar-refractivity contribution is 6.35. The fourth-order valence-electron chi connectivity index (χ4n) is 3.02. The molecule has 4 nitrogen and oxygen atoms in total. The predicted molar refractivity (Wildman–Crippen MR) is 99.8 cm³/mol. The van der Waals surface area contributed by atoms with E-state index in [1.807, 2.05) is 37.3 Å². The molecule has 130 valence electrons. The minimum absolute atomic E-state index is 0.0197. The molecule has 2 aromatic carbocycles. The minimum Gasteiger partial charge on any atom is -0.335 e. The average molecular weight is 377 g/mol. The molecule has 0 spiro atoms. The van der Waals surface area contributed by atoms with Gasteiger partial charge in [0.1, 0.15) is 0 Å². The number of halogens is 2. The number of rotatable bonds is 4. The van der Waals surface area contributed by atoms with Gasteiger partial charge in [0.25, 0.3) is 0 Å². The number of carbonyl (C=O) groups is 2. The zero-order valence-corrected chi connectivity index (χ0v) is 15.2. The lowest BCUT2D eigenvalue weighted by atomic mass is 10.1. The first kappa shape index (κ1) is 17.8. The molecule has 2 atom stereocenters. The van der Waals surface area contributed by atoms with Gasteiger partial charge in [-0.05, 0) is 30.7 Å². The lowest BCUT2D eigenvalue weighted by molar-refractivity contribution is -0.129.